The fourth-order valence-corrected chi connectivity index (χ4v) is 13.9. The maximum atomic E-state index is 14.3. The van der Waals surface area contributed by atoms with Gasteiger partial charge in [0, 0.05) is 39.5 Å². The molecular formula is C34H48N12O24P4. The minimum Gasteiger partial charge on any atom is -0.778 e. The molecule has 5 unspecified atom stereocenters. The number of fused-ring (bicyclic) bond motifs is 2. The van der Waals surface area contributed by atoms with E-state index >= 15 is 0 Å². The Hall–Kier alpha value is -4.58. The van der Waals surface area contributed by atoms with Crippen molar-refractivity contribution in [2.75, 3.05) is 59.2 Å². The van der Waals surface area contributed by atoms with Crippen LogP contribution in [0.25, 0.3) is 22.3 Å². The Labute approximate surface area is 412 Å². The summed E-state index contributed by atoms with van der Waals surface area (Å²) in [6.45, 7) is -3.50. The Morgan fingerprint density at radius 2 is 1.38 bits per heavy atom. The molecule has 3 aliphatic heterocycles. The number of nitrogens with two attached hydrogens (primary N) is 2. The number of hydrogen-bond acceptors (Lipinski definition) is 27. The number of aromatic amines is 2. The number of imidazole rings is 2. The number of nitrogens with zero attached hydrogens (tertiary/aromatic N) is 8. The van der Waals surface area contributed by atoms with E-state index < -0.39 is 141 Å². The third-order valence-corrected chi connectivity index (χ3v) is 18.0. The number of ether oxygens (including phenoxy) is 6. The highest BCUT2D eigenvalue weighted by molar-refractivity contribution is 7.66. The number of H-pyrrole nitrogens is 2. The molecule has 3 saturated heterocycles. The van der Waals surface area contributed by atoms with Gasteiger partial charge in [-0.15, -0.1) is 0 Å². The van der Waals surface area contributed by atoms with E-state index in [4.69, 9.17) is 53.5 Å². The molecule has 5 aromatic heterocycles. The van der Waals surface area contributed by atoms with Gasteiger partial charge in [-0.05, 0) is 0 Å². The van der Waals surface area contributed by atoms with E-state index in [2.05, 4.69) is 33.5 Å². The normalized spacial score (nSPS) is 30.6. The highest BCUT2D eigenvalue weighted by Gasteiger charge is 2.55. The molecule has 5 aromatic rings. The van der Waals surface area contributed by atoms with E-state index in [1.807, 2.05) is 4.98 Å². The molecule has 0 saturated carbocycles. The first kappa shape index (κ1) is 55.6. The predicted molar refractivity (Wildman–Crippen MR) is 239 cm³/mol. The number of aryl methyl sites for hydroxylation is 1. The van der Waals surface area contributed by atoms with Crippen LogP contribution in [0, 0.1) is 5.92 Å². The SMILES string of the molecule is COC[C@H]1[C@@H](O)[C@H](n2c[n+](C)c3c(=O)[nH]c(N)nc32)O[C@@H]1COP(=O)(O)OP(=O)(O)OP(=O)(O)OCC1O[C@@H](n2cnc3c(N)ncnc32)[C@H](OC)[C@@H]1P(=O)([O-])OC[C@H]1O[C@@H](n2ccc(=O)[nH]c2=O)[C@H](OC)[C@@H]1O. The van der Waals surface area contributed by atoms with Crippen LogP contribution in [0.3, 0.4) is 0 Å². The van der Waals surface area contributed by atoms with Crippen molar-refractivity contribution in [3.8, 4) is 0 Å². The second-order valence-electron chi connectivity index (χ2n) is 16.5. The quantitative estimate of drug-likeness (QED) is 0.0251. The number of phosphoric ester groups is 2. The smallest absolute Gasteiger partial charge is 0.490 e. The zero-order chi connectivity index (χ0) is 53.8. The third-order valence-electron chi connectivity index (χ3n) is 11.9. The van der Waals surface area contributed by atoms with Crippen molar-refractivity contribution in [3.63, 3.8) is 0 Å². The second kappa shape index (κ2) is 21.4. The average Bonchev–Trinajstić information content (AvgIpc) is 4.12. The van der Waals surface area contributed by atoms with Gasteiger partial charge in [0.2, 0.25) is 18.5 Å². The maximum absolute atomic E-state index is 14.3. The maximum Gasteiger partial charge on any atom is 0.490 e. The summed E-state index contributed by atoms with van der Waals surface area (Å²) in [6.07, 6.45) is -10.6. The van der Waals surface area contributed by atoms with E-state index in [-0.39, 0.29) is 40.7 Å². The van der Waals surface area contributed by atoms with Gasteiger partial charge in [-0.2, -0.15) is 18.2 Å². The number of methoxy groups -OCH3 is 3. The topological polar surface area (TPSA) is 499 Å². The zero-order valence-electron chi connectivity index (χ0n) is 38.7. The first-order chi connectivity index (χ1) is 34.8. The zero-order valence-corrected chi connectivity index (χ0v) is 42.2. The molecular weight excluding hydrogens is 1080 g/mol. The Morgan fingerprint density at radius 1 is 0.757 bits per heavy atom. The number of phosphoric acid groups is 3. The number of aromatic nitrogens is 10. The van der Waals surface area contributed by atoms with Crippen LogP contribution in [0.4, 0.5) is 11.8 Å². The number of nitrogens with one attached hydrogen (secondary N) is 2. The van der Waals surface area contributed by atoms with Crippen LogP contribution < -0.4 is 37.7 Å². The summed E-state index contributed by atoms with van der Waals surface area (Å²) in [4.78, 5) is 103. The first-order valence-electron chi connectivity index (χ1n) is 21.3. The van der Waals surface area contributed by atoms with Gasteiger partial charge in [0.15, 0.2) is 23.9 Å². The molecule has 0 aromatic carbocycles. The summed E-state index contributed by atoms with van der Waals surface area (Å²) < 4.78 is 116. The van der Waals surface area contributed by atoms with Crippen LogP contribution >= 0.6 is 31.1 Å². The van der Waals surface area contributed by atoms with Gasteiger partial charge < -0.3 is 78.8 Å². The summed E-state index contributed by atoms with van der Waals surface area (Å²) >= 11 is 0. The molecule has 408 valence electrons. The molecule has 0 aliphatic carbocycles. The lowest BCUT2D eigenvalue weighted by atomic mass is 9.99. The first-order valence-corrected chi connectivity index (χ1v) is 27.4. The molecule has 74 heavy (non-hydrogen) atoms. The third kappa shape index (κ3) is 11.3. The Balaban J connectivity index is 0.962. The van der Waals surface area contributed by atoms with Gasteiger partial charge in [-0.3, -0.25) is 37.7 Å². The molecule has 11 N–H and O–H groups in total. The standard InChI is InChI=1S/C34H48N12O24P4/c1-43-13-46(28-20(43)29(50)42-33(36)41-28)30-21(48)14(7-60-2)15(66-30)8-64-72(54,55)69-74(58,59)70-73(56,57)65-10-17-25(24(62-4)32(68-17)45-12-39-19-26(35)37-11-38-27(19)45)71(52,53)63-9-16-22(49)23(61-3)31(67-16)44-6-5-18(47)40-34(44)51/h5-6,11-17,21-25,30-32,48-49H,7-10H2,1-4H3,(H9-,35,36,37,38,40,41,42,47,50,51,52,53,54,55,56,57,58,59)/t14-,15-,16-,17?,21-,22-,23-,24-,25-,30-,31-,32-/m1/s1. The molecule has 16 atom stereocenters. The molecule has 40 heteroatoms. The van der Waals surface area contributed by atoms with Gasteiger partial charge in [0.05, 0.1) is 57.7 Å². The van der Waals surface area contributed by atoms with Crippen LogP contribution in [0.5, 0.6) is 0 Å². The van der Waals surface area contributed by atoms with Crippen molar-refractivity contribution in [3.05, 3.63) is 62.4 Å². The summed E-state index contributed by atoms with van der Waals surface area (Å²) in [5.41, 5.74) is 7.33. The lowest BCUT2D eigenvalue weighted by Gasteiger charge is -2.35. The minimum atomic E-state index is -6.19. The van der Waals surface area contributed by atoms with Crippen molar-refractivity contribution < 1.29 is 103 Å². The highest BCUT2D eigenvalue weighted by Crippen LogP contribution is 2.68. The van der Waals surface area contributed by atoms with Gasteiger partial charge in [-0.25, -0.2) is 38.0 Å². The molecule has 0 bridgehead atoms. The summed E-state index contributed by atoms with van der Waals surface area (Å²) in [7, 11) is -18.5. The lowest BCUT2D eigenvalue weighted by molar-refractivity contribution is -0.646. The number of anilines is 2. The van der Waals surface area contributed by atoms with Crippen LogP contribution in [0.15, 0.2) is 45.6 Å². The van der Waals surface area contributed by atoms with Crippen LogP contribution in [0.2, 0.25) is 0 Å². The van der Waals surface area contributed by atoms with E-state index in [9.17, 15) is 62.4 Å². The van der Waals surface area contributed by atoms with Crippen molar-refractivity contribution in [2.24, 2.45) is 13.0 Å². The predicted octanol–water partition coefficient (Wildman–Crippen LogP) is -3.88. The molecule has 0 spiro atoms. The summed E-state index contributed by atoms with van der Waals surface area (Å²) in [6, 6.07) is 0.986. The number of aliphatic hydroxyl groups is 2. The molecule has 3 aliphatic rings. The second-order valence-corrected chi connectivity index (χ2v) is 23.1. The largest absolute Gasteiger partial charge is 0.778 e. The van der Waals surface area contributed by atoms with Gasteiger partial charge in [0.1, 0.15) is 50.0 Å². The number of hydrogen-bond donors (Lipinski definition) is 9. The molecule has 3 fully saturated rings. The molecule has 0 amide bonds. The molecule has 36 nitrogen and oxygen atoms in total. The van der Waals surface area contributed by atoms with Crippen LogP contribution in [0.1, 0.15) is 18.7 Å². The van der Waals surface area contributed by atoms with E-state index in [1.165, 1.54) is 34.2 Å². The van der Waals surface area contributed by atoms with Crippen LogP contribution in [-0.2, 0) is 75.9 Å². The molecule has 0 radical (unpaired) electrons. The van der Waals surface area contributed by atoms with Crippen molar-refractivity contribution in [1.29, 1.82) is 0 Å². The van der Waals surface area contributed by atoms with E-state index in [0.717, 1.165) is 43.7 Å². The number of rotatable bonds is 21. The molecule has 8 heterocycles. The fourth-order valence-electron chi connectivity index (χ4n) is 8.70. The Morgan fingerprint density at radius 3 is 2.03 bits per heavy atom. The monoisotopic (exact) mass is 1130 g/mol. The van der Waals surface area contributed by atoms with E-state index in [1.54, 1.807) is 0 Å². The number of nitrogen functional groups attached to an aromatic ring is 2. The van der Waals surface area contributed by atoms with Crippen molar-refractivity contribution in [2.45, 2.75) is 67.1 Å². The summed E-state index contributed by atoms with van der Waals surface area (Å²) in [5, 5.41) is 22.3. The van der Waals surface area contributed by atoms with Crippen molar-refractivity contribution in [1.82, 2.24) is 43.6 Å². The van der Waals surface area contributed by atoms with Gasteiger partial charge >= 0.3 is 34.7 Å². The minimum absolute atomic E-state index is 0.0116. The van der Waals surface area contributed by atoms with E-state index in [0.29, 0.717) is 0 Å². The Kier molecular flexibility index (Phi) is 16.1. The fraction of sp³-hybridized carbons (Fsp3) is 0.588. The lowest BCUT2D eigenvalue weighted by Crippen LogP contribution is -2.41. The van der Waals surface area contributed by atoms with Gasteiger partial charge in [-0.1, -0.05) is 0 Å². The Bertz CT molecular complexity index is 3260. The highest BCUT2D eigenvalue weighted by atomic mass is 31.3. The van der Waals surface area contributed by atoms with Crippen LogP contribution in [-0.4, -0.2) is 165 Å². The van der Waals surface area contributed by atoms with Gasteiger partial charge in [0.25, 0.3) is 16.7 Å². The average molecular weight is 1130 g/mol. The van der Waals surface area contributed by atoms with Crippen molar-refractivity contribution >= 4 is 65.2 Å². The molecule has 8 rings (SSSR count). The summed E-state index contributed by atoms with van der Waals surface area (Å²) in [5.74, 6) is -1.40. The number of aliphatic hydroxyl groups excluding tert-OH is 2.